The van der Waals surface area contributed by atoms with Crippen LogP contribution < -0.4 is 20.1 Å². The van der Waals surface area contributed by atoms with Crippen molar-refractivity contribution in [3.63, 3.8) is 0 Å². The van der Waals surface area contributed by atoms with Crippen LogP contribution in [0.15, 0.2) is 72.8 Å². The summed E-state index contributed by atoms with van der Waals surface area (Å²) in [6, 6.07) is 22.3. The van der Waals surface area contributed by atoms with Gasteiger partial charge in [0, 0.05) is 5.69 Å². The second-order valence-corrected chi connectivity index (χ2v) is 6.64. The van der Waals surface area contributed by atoms with Gasteiger partial charge in [0.15, 0.2) is 0 Å². The second-order valence-electron chi connectivity index (χ2n) is 6.64. The van der Waals surface area contributed by atoms with Crippen molar-refractivity contribution in [3.8, 4) is 11.5 Å². The third kappa shape index (κ3) is 5.29. The zero-order valence-corrected chi connectivity index (χ0v) is 16.9. The molecule has 2 N–H and O–H groups in total. The van der Waals surface area contributed by atoms with Crippen molar-refractivity contribution in [2.75, 3.05) is 24.4 Å². The summed E-state index contributed by atoms with van der Waals surface area (Å²) in [4.78, 5) is 13.2. The molecule has 0 saturated carbocycles. The van der Waals surface area contributed by atoms with Gasteiger partial charge in [-0.25, -0.2) is 0 Å². The highest BCUT2D eigenvalue weighted by Gasteiger charge is 2.22. The van der Waals surface area contributed by atoms with E-state index in [0.717, 1.165) is 22.6 Å². The lowest BCUT2D eigenvalue weighted by Crippen LogP contribution is -2.27. The van der Waals surface area contributed by atoms with Gasteiger partial charge < -0.3 is 20.1 Å². The third-order valence-corrected chi connectivity index (χ3v) is 4.48. The molecule has 1 amide bonds. The molecule has 0 aliphatic carbocycles. The predicted molar refractivity (Wildman–Crippen MR) is 117 cm³/mol. The fourth-order valence-corrected chi connectivity index (χ4v) is 3.05. The Balaban J connectivity index is 1.86. The lowest BCUT2D eigenvalue weighted by molar-refractivity contribution is -0.117. The Morgan fingerprint density at radius 2 is 1.72 bits per heavy atom. The highest BCUT2D eigenvalue weighted by Crippen LogP contribution is 2.28. The molecule has 1 atom stereocenters. The van der Waals surface area contributed by atoms with E-state index < -0.39 is 6.04 Å². The monoisotopic (exact) mass is 390 g/mol. The molecule has 0 radical (unpaired) electrons. The number of carbonyl (C=O) groups is 1. The fourth-order valence-electron chi connectivity index (χ4n) is 3.05. The minimum Gasteiger partial charge on any atom is -0.495 e. The van der Waals surface area contributed by atoms with Gasteiger partial charge in [0.05, 0.1) is 19.4 Å². The number of aryl methyl sites for hydroxylation is 1. The number of benzene rings is 3. The van der Waals surface area contributed by atoms with Crippen LogP contribution in [0.5, 0.6) is 11.5 Å². The van der Waals surface area contributed by atoms with E-state index in [1.807, 2.05) is 86.6 Å². The van der Waals surface area contributed by atoms with Crippen molar-refractivity contribution in [2.45, 2.75) is 19.9 Å². The van der Waals surface area contributed by atoms with Gasteiger partial charge >= 0.3 is 0 Å². The predicted octanol–water partition coefficient (Wildman–Crippen LogP) is 5.19. The van der Waals surface area contributed by atoms with Crippen LogP contribution in [0.2, 0.25) is 0 Å². The highest BCUT2D eigenvalue weighted by molar-refractivity contribution is 5.98. The average Bonchev–Trinajstić information content (AvgIpc) is 2.74. The molecule has 0 saturated heterocycles. The molecule has 0 heterocycles. The van der Waals surface area contributed by atoms with Gasteiger partial charge in [-0.3, -0.25) is 4.79 Å². The minimum absolute atomic E-state index is 0.172. The Morgan fingerprint density at radius 1 is 1.00 bits per heavy atom. The van der Waals surface area contributed by atoms with Gasteiger partial charge in [0.25, 0.3) is 5.91 Å². The summed E-state index contributed by atoms with van der Waals surface area (Å²) in [6.45, 7) is 4.53. The van der Waals surface area contributed by atoms with Crippen molar-refractivity contribution < 1.29 is 14.3 Å². The average molecular weight is 390 g/mol. The smallest absolute Gasteiger partial charge is 0.251 e. The number of hydrogen-bond acceptors (Lipinski definition) is 4. The molecular weight excluding hydrogens is 364 g/mol. The van der Waals surface area contributed by atoms with Crippen LogP contribution in [0.3, 0.4) is 0 Å². The first kappa shape index (κ1) is 20.3. The maximum absolute atomic E-state index is 13.2. The van der Waals surface area contributed by atoms with E-state index in [-0.39, 0.29) is 5.91 Å². The van der Waals surface area contributed by atoms with Crippen molar-refractivity contribution in [2.24, 2.45) is 0 Å². The molecule has 0 aliphatic rings. The van der Waals surface area contributed by atoms with E-state index in [1.54, 1.807) is 7.11 Å². The number of anilines is 2. The number of nitrogens with one attached hydrogen (secondary N) is 2. The Kier molecular flexibility index (Phi) is 6.74. The van der Waals surface area contributed by atoms with Crippen LogP contribution >= 0.6 is 0 Å². The molecule has 3 rings (SSSR count). The maximum Gasteiger partial charge on any atom is 0.251 e. The van der Waals surface area contributed by atoms with Crippen LogP contribution in [0.4, 0.5) is 11.4 Å². The molecule has 0 unspecified atom stereocenters. The highest BCUT2D eigenvalue weighted by atomic mass is 16.5. The van der Waals surface area contributed by atoms with Crippen LogP contribution in [0.25, 0.3) is 0 Å². The fraction of sp³-hybridized carbons (Fsp3) is 0.208. The molecule has 0 aromatic heterocycles. The third-order valence-electron chi connectivity index (χ3n) is 4.48. The number of carbonyl (C=O) groups excluding carboxylic acids is 1. The van der Waals surface area contributed by atoms with E-state index in [1.165, 1.54) is 0 Å². The molecule has 3 aromatic rings. The lowest BCUT2D eigenvalue weighted by atomic mass is 10.1. The Bertz CT molecular complexity index is 940. The normalized spacial score (nSPS) is 11.4. The van der Waals surface area contributed by atoms with Gasteiger partial charge in [0.1, 0.15) is 17.5 Å². The molecule has 0 spiro atoms. The first-order chi connectivity index (χ1) is 14.1. The molecule has 5 nitrogen and oxygen atoms in total. The van der Waals surface area contributed by atoms with Crippen molar-refractivity contribution >= 4 is 17.3 Å². The summed E-state index contributed by atoms with van der Waals surface area (Å²) in [5, 5.41) is 6.33. The standard InChI is InChI=1S/C24H26N2O3/c1-4-29-20-13-11-19(12-14-20)25-23(18-8-6-5-7-9-18)24(27)26-21-16-17(2)10-15-22(21)28-3/h5-16,23,25H,4H2,1-3H3,(H,26,27)/t23-/m0/s1. The maximum atomic E-state index is 13.2. The lowest BCUT2D eigenvalue weighted by Gasteiger charge is -2.21. The molecular formula is C24H26N2O3. The van der Waals surface area contributed by atoms with E-state index in [0.29, 0.717) is 18.0 Å². The Morgan fingerprint density at radius 3 is 2.38 bits per heavy atom. The Labute approximate surface area is 171 Å². The zero-order valence-electron chi connectivity index (χ0n) is 16.9. The van der Waals surface area contributed by atoms with Crippen molar-refractivity contribution in [3.05, 3.63) is 83.9 Å². The summed E-state index contributed by atoms with van der Waals surface area (Å²) < 4.78 is 10.9. The molecule has 0 fully saturated rings. The van der Waals surface area contributed by atoms with E-state index in [4.69, 9.17) is 9.47 Å². The Hall–Kier alpha value is -3.47. The van der Waals surface area contributed by atoms with E-state index in [9.17, 15) is 4.79 Å². The van der Waals surface area contributed by atoms with Crippen molar-refractivity contribution in [1.29, 1.82) is 0 Å². The minimum atomic E-state index is -0.570. The van der Waals surface area contributed by atoms with Gasteiger partial charge in [0.2, 0.25) is 0 Å². The van der Waals surface area contributed by atoms with Gasteiger partial charge in [-0.1, -0.05) is 36.4 Å². The largest absolute Gasteiger partial charge is 0.495 e. The number of ether oxygens (including phenoxy) is 2. The van der Waals surface area contributed by atoms with E-state index >= 15 is 0 Å². The van der Waals surface area contributed by atoms with Gasteiger partial charge in [-0.2, -0.15) is 0 Å². The summed E-state index contributed by atoms with van der Waals surface area (Å²) in [6.07, 6.45) is 0. The first-order valence-corrected chi connectivity index (χ1v) is 9.60. The van der Waals surface area contributed by atoms with E-state index in [2.05, 4.69) is 10.6 Å². The summed E-state index contributed by atoms with van der Waals surface area (Å²) in [5.41, 5.74) is 3.38. The molecule has 29 heavy (non-hydrogen) atoms. The zero-order chi connectivity index (χ0) is 20.6. The topological polar surface area (TPSA) is 59.6 Å². The van der Waals surface area contributed by atoms with Crippen LogP contribution in [-0.4, -0.2) is 19.6 Å². The van der Waals surface area contributed by atoms with Crippen LogP contribution in [-0.2, 0) is 4.79 Å². The molecule has 150 valence electrons. The summed E-state index contributed by atoms with van der Waals surface area (Å²) >= 11 is 0. The van der Waals surface area contributed by atoms with Crippen molar-refractivity contribution in [1.82, 2.24) is 0 Å². The molecule has 5 heteroatoms. The number of hydrogen-bond donors (Lipinski definition) is 2. The summed E-state index contributed by atoms with van der Waals surface area (Å²) in [7, 11) is 1.59. The summed E-state index contributed by atoms with van der Waals surface area (Å²) in [5.74, 6) is 1.24. The number of methoxy groups -OCH3 is 1. The van der Waals surface area contributed by atoms with Crippen LogP contribution in [0.1, 0.15) is 24.1 Å². The van der Waals surface area contributed by atoms with Gasteiger partial charge in [-0.15, -0.1) is 0 Å². The molecule has 0 aliphatic heterocycles. The number of rotatable bonds is 8. The van der Waals surface area contributed by atoms with Crippen LogP contribution in [0, 0.1) is 6.92 Å². The SMILES string of the molecule is CCOc1ccc(N[C@H](C(=O)Nc2cc(C)ccc2OC)c2ccccc2)cc1. The quantitative estimate of drug-likeness (QED) is 0.555. The second kappa shape index (κ2) is 9.64. The molecule has 0 bridgehead atoms. The van der Waals surface area contributed by atoms with Gasteiger partial charge in [-0.05, 0) is 61.4 Å². The number of amides is 1. The first-order valence-electron chi connectivity index (χ1n) is 9.60. The molecule has 3 aromatic carbocycles.